The SMILES string of the molecule is CNCC1CCN(C(=O)c2cccc(CSc3cc(C)ccc3C)c2)C1. The van der Waals surface area contributed by atoms with Gasteiger partial charge in [0.25, 0.3) is 5.91 Å². The van der Waals surface area contributed by atoms with Gasteiger partial charge in [-0.15, -0.1) is 11.8 Å². The van der Waals surface area contributed by atoms with Crippen LogP contribution in [-0.4, -0.2) is 37.5 Å². The lowest BCUT2D eigenvalue weighted by Crippen LogP contribution is -2.30. The minimum Gasteiger partial charge on any atom is -0.338 e. The number of nitrogens with zero attached hydrogens (tertiary/aromatic N) is 1. The summed E-state index contributed by atoms with van der Waals surface area (Å²) < 4.78 is 0. The van der Waals surface area contributed by atoms with Gasteiger partial charge in [-0.2, -0.15) is 0 Å². The predicted molar refractivity (Wildman–Crippen MR) is 110 cm³/mol. The number of amides is 1. The van der Waals surface area contributed by atoms with E-state index in [1.807, 2.05) is 35.8 Å². The molecule has 1 unspecified atom stereocenters. The van der Waals surface area contributed by atoms with Crippen LogP contribution in [0.3, 0.4) is 0 Å². The Bertz CT molecular complexity index is 774. The lowest BCUT2D eigenvalue weighted by Gasteiger charge is -2.17. The molecule has 4 heteroatoms. The third kappa shape index (κ3) is 4.68. The highest BCUT2D eigenvalue weighted by Gasteiger charge is 2.26. The summed E-state index contributed by atoms with van der Waals surface area (Å²) in [5.41, 5.74) is 4.61. The van der Waals surface area contributed by atoms with Crippen molar-refractivity contribution >= 4 is 17.7 Å². The summed E-state index contributed by atoms with van der Waals surface area (Å²) >= 11 is 1.84. The molecule has 1 amide bonds. The van der Waals surface area contributed by atoms with E-state index in [9.17, 15) is 4.79 Å². The second kappa shape index (κ2) is 8.74. The van der Waals surface area contributed by atoms with Gasteiger partial charge in [0.1, 0.15) is 0 Å². The van der Waals surface area contributed by atoms with Gasteiger partial charge in [0.2, 0.25) is 0 Å². The third-order valence-electron chi connectivity index (χ3n) is 4.98. The fraction of sp³-hybridized carbons (Fsp3) is 0.409. The first-order chi connectivity index (χ1) is 12.6. The van der Waals surface area contributed by atoms with Gasteiger partial charge in [0.15, 0.2) is 0 Å². The van der Waals surface area contributed by atoms with Gasteiger partial charge in [-0.3, -0.25) is 4.79 Å². The zero-order valence-electron chi connectivity index (χ0n) is 15.9. The van der Waals surface area contributed by atoms with Crippen LogP contribution in [0.15, 0.2) is 47.4 Å². The molecule has 0 aliphatic carbocycles. The third-order valence-corrected chi connectivity index (χ3v) is 6.21. The molecule has 2 aromatic rings. The van der Waals surface area contributed by atoms with Crippen LogP contribution in [0.1, 0.15) is 33.5 Å². The Morgan fingerprint density at radius 1 is 1.23 bits per heavy atom. The first kappa shape index (κ1) is 19.0. The monoisotopic (exact) mass is 368 g/mol. The van der Waals surface area contributed by atoms with Crippen molar-refractivity contribution < 1.29 is 4.79 Å². The maximum absolute atomic E-state index is 12.8. The summed E-state index contributed by atoms with van der Waals surface area (Å²) in [5.74, 6) is 1.63. The van der Waals surface area contributed by atoms with Crippen LogP contribution in [-0.2, 0) is 5.75 Å². The Labute approximate surface area is 161 Å². The van der Waals surface area contributed by atoms with Crippen molar-refractivity contribution in [3.63, 3.8) is 0 Å². The minimum atomic E-state index is 0.169. The molecule has 1 saturated heterocycles. The summed E-state index contributed by atoms with van der Waals surface area (Å²) in [6, 6.07) is 14.7. The van der Waals surface area contributed by atoms with E-state index >= 15 is 0 Å². The summed E-state index contributed by atoms with van der Waals surface area (Å²) in [6.07, 6.45) is 1.09. The number of hydrogen-bond acceptors (Lipinski definition) is 3. The van der Waals surface area contributed by atoms with Gasteiger partial charge in [0, 0.05) is 29.3 Å². The fourth-order valence-corrected chi connectivity index (χ4v) is 4.54. The molecule has 1 fully saturated rings. The normalized spacial score (nSPS) is 16.9. The second-order valence-electron chi connectivity index (χ2n) is 7.22. The van der Waals surface area contributed by atoms with E-state index in [4.69, 9.17) is 0 Å². The first-order valence-electron chi connectivity index (χ1n) is 9.29. The number of nitrogens with one attached hydrogen (secondary N) is 1. The second-order valence-corrected chi connectivity index (χ2v) is 8.24. The van der Waals surface area contributed by atoms with E-state index in [-0.39, 0.29) is 5.91 Å². The average molecular weight is 369 g/mol. The molecule has 0 radical (unpaired) electrons. The number of carbonyl (C=O) groups is 1. The number of thioether (sulfide) groups is 1. The Hall–Kier alpha value is -1.78. The maximum atomic E-state index is 12.8. The lowest BCUT2D eigenvalue weighted by molar-refractivity contribution is 0.0787. The van der Waals surface area contributed by atoms with Gasteiger partial charge in [0.05, 0.1) is 0 Å². The van der Waals surface area contributed by atoms with Crippen LogP contribution < -0.4 is 5.32 Å². The van der Waals surface area contributed by atoms with Crippen LogP contribution in [0.25, 0.3) is 0 Å². The standard InChI is InChI=1S/C22H28N2OS/c1-16-7-8-17(2)21(11-16)26-15-18-5-4-6-20(12-18)22(25)24-10-9-19(14-24)13-23-3/h4-8,11-12,19,23H,9-10,13-15H2,1-3H3. The van der Waals surface area contributed by atoms with E-state index in [1.54, 1.807) is 0 Å². The highest BCUT2D eigenvalue weighted by atomic mass is 32.2. The Morgan fingerprint density at radius 3 is 2.88 bits per heavy atom. The van der Waals surface area contributed by atoms with Crippen molar-refractivity contribution in [2.45, 2.75) is 30.9 Å². The number of hydrogen-bond donors (Lipinski definition) is 1. The molecular formula is C22H28N2OS. The number of likely N-dealkylation sites (tertiary alicyclic amines) is 1. The molecule has 1 aliphatic heterocycles. The molecule has 3 rings (SSSR count). The number of aryl methyl sites for hydroxylation is 2. The van der Waals surface area contributed by atoms with Gasteiger partial charge in [-0.1, -0.05) is 29.8 Å². The van der Waals surface area contributed by atoms with E-state index in [0.29, 0.717) is 5.92 Å². The van der Waals surface area contributed by atoms with E-state index in [1.165, 1.54) is 21.6 Å². The van der Waals surface area contributed by atoms with Gasteiger partial charge < -0.3 is 10.2 Å². The molecule has 26 heavy (non-hydrogen) atoms. The van der Waals surface area contributed by atoms with Crippen LogP contribution in [0.4, 0.5) is 0 Å². The quantitative estimate of drug-likeness (QED) is 0.773. The summed E-state index contributed by atoms with van der Waals surface area (Å²) in [6.45, 7) is 6.99. The molecule has 0 spiro atoms. The van der Waals surface area contributed by atoms with Crippen LogP contribution in [0.2, 0.25) is 0 Å². The van der Waals surface area contributed by atoms with Crippen molar-refractivity contribution in [2.24, 2.45) is 5.92 Å². The van der Waals surface area contributed by atoms with E-state index in [2.05, 4.69) is 49.5 Å². The first-order valence-corrected chi connectivity index (χ1v) is 10.3. The van der Waals surface area contributed by atoms with Crippen LogP contribution in [0.5, 0.6) is 0 Å². The molecule has 2 aromatic carbocycles. The molecular weight excluding hydrogens is 340 g/mol. The molecule has 0 aromatic heterocycles. The molecule has 1 aliphatic rings. The Kier molecular flexibility index (Phi) is 6.38. The average Bonchev–Trinajstić information content (AvgIpc) is 3.11. The van der Waals surface area contributed by atoms with E-state index in [0.717, 1.165) is 37.4 Å². The van der Waals surface area contributed by atoms with E-state index < -0.39 is 0 Å². The number of rotatable bonds is 6. The zero-order valence-corrected chi connectivity index (χ0v) is 16.7. The lowest BCUT2D eigenvalue weighted by atomic mass is 10.1. The maximum Gasteiger partial charge on any atom is 0.253 e. The molecule has 1 heterocycles. The Balaban J connectivity index is 1.64. The van der Waals surface area contributed by atoms with Gasteiger partial charge >= 0.3 is 0 Å². The topological polar surface area (TPSA) is 32.3 Å². The van der Waals surface area contributed by atoms with Crippen LogP contribution in [0, 0.1) is 19.8 Å². The van der Waals surface area contributed by atoms with Crippen LogP contribution >= 0.6 is 11.8 Å². The van der Waals surface area contributed by atoms with Crippen molar-refractivity contribution in [2.75, 3.05) is 26.7 Å². The molecule has 0 saturated carbocycles. The molecule has 1 atom stereocenters. The fourth-order valence-electron chi connectivity index (χ4n) is 3.47. The molecule has 3 nitrogen and oxygen atoms in total. The van der Waals surface area contributed by atoms with Crippen molar-refractivity contribution in [1.82, 2.24) is 10.2 Å². The molecule has 0 bridgehead atoms. The van der Waals surface area contributed by atoms with Gasteiger partial charge in [-0.05, 0) is 69.1 Å². The highest BCUT2D eigenvalue weighted by molar-refractivity contribution is 7.98. The van der Waals surface area contributed by atoms with Crippen molar-refractivity contribution in [3.05, 3.63) is 64.7 Å². The Morgan fingerprint density at radius 2 is 2.08 bits per heavy atom. The molecule has 138 valence electrons. The van der Waals surface area contributed by atoms with Crippen molar-refractivity contribution in [3.8, 4) is 0 Å². The van der Waals surface area contributed by atoms with Crippen molar-refractivity contribution in [1.29, 1.82) is 0 Å². The largest absolute Gasteiger partial charge is 0.338 e. The zero-order chi connectivity index (χ0) is 18.5. The summed E-state index contributed by atoms with van der Waals surface area (Å²) in [7, 11) is 1.97. The minimum absolute atomic E-state index is 0.169. The highest BCUT2D eigenvalue weighted by Crippen LogP contribution is 2.27. The number of carbonyl (C=O) groups excluding carboxylic acids is 1. The van der Waals surface area contributed by atoms with Gasteiger partial charge in [-0.25, -0.2) is 0 Å². The smallest absolute Gasteiger partial charge is 0.253 e. The molecule has 1 N–H and O–H groups in total. The summed E-state index contributed by atoms with van der Waals surface area (Å²) in [4.78, 5) is 16.1. The number of benzene rings is 2. The summed E-state index contributed by atoms with van der Waals surface area (Å²) in [5, 5.41) is 3.22. The predicted octanol–water partition coefficient (Wildman–Crippen LogP) is 4.28.